The molecule has 0 atom stereocenters. The van der Waals surface area contributed by atoms with Gasteiger partial charge in [-0.25, -0.2) is 15.0 Å². The van der Waals surface area contributed by atoms with Crippen LogP contribution in [0.4, 0.5) is 0 Å². The maximum Gasteiger partial charge on any atom is 0.164 e. The molecule has 7 heteroatoms. The fraction of sp³-hybridized carbons (Fsp3) is 0.0488. The fourth-order valence-corrected chi connectivity index (χ4v) is 6.36. The van der Waals surface area contributed by atoms with Gasteiger partial charge in [0.15, 0.2) is 17.5 Å². The zero-order chi connectivity index (χ0) is 33.2. The number of nitrogens with zero attached hydrogens (tertiary/aromatic N) is 3. The second-order valence-corrected chi connectivity index (χ2v) is 12.2. The SMILES string of the molecule is Bc1cc(B)c2oc3ccc(B)c(-c4nc(-c5ccc(C(/C=C\C=C/C=C\C)=C/C)cc5)nc(-c5ccc6ccccc6c5)n4)c3c2c1. The van der Waals surface area contributed by atoms with Crippen molar-refractivity contribution in [1.82, 2.24) is 15.0 Å². The van der Waals surface area contributed by atoms with Crippen LogP contribution in [0.15, 0.2) is 138 Å². The Hall–Kier alpha value is -5.68. The van der Waals surface area contributed by atoms with Gasteiger partial charge in [-0.1, -0.05) is 132 Å². The van der Waals surface area contributed by atoms with Gasteiger partial charge in [-0.2, -0.15) is 0 Å². The molecular weight excluding hydrogens is 583 g/mol. The molecule has 4 nitrogen and oxygen atoms in total. The van der Waals surface area contributed by atoms with Crippen LogP contribution in [-0.4, -0.2) is 38.5 Å². The number of allylic oxidation sites excluding steroid dienone is 8. The maximum absolute atomic E-state index is 6.44. The van der Waals surface area contributed by atoms with E-state index in [1.54, 1.807) is 0 Å². The van der Waals surface area contributed by atoms with E-state index < -0.39 is 0 Å². The number of hydrogen-bond acceptors (Lipinski definition) is 4. The first-order valence-corrected chi connectivity index (χ1v) is 16.4. The lowest BCUT2D eigenvalue weighted by molar-refractivity contribution is 0.671. The van der Waals surface area contributed by atoms with Gasteiger partial charge in [0, 0.05) is 27.5 Å². The Labute approximate surface area is 283 Å². The van der Waals surface area contributed by atoms with E-state index in [4.69, 9.17) is 19.4 Å². The highest BCUT2D eigenvalue weighted by Gasteiger charge is 2.20. The van der Waals surface area contributed by atoms with Crippen molar-refractivity contribution < 1.29 is 4.42 Å². The van der Waals surface area contributed by atoms with Crippen molar-refractivity contribution in [2.24, 2.45) is 0 Å². The summed E-state index contributed by atoms with van der Waals surface area (Å²) in [5.41, 5.74) is 10.2. The molecule has 48 heavy (non-hydrogen) atoms. The van der Waals surface area contributed by atoms with Crippen molar-refractivity contribution in [3.63, 3.8) is 0 Å². The summed E-state index contributed by atoms with van der Waals surface area (Å²) in [4.78, 5) is 15.4. The van der Waals surface area contributed by atoms with Crippen LogP contribution < -0.4 is 16.4 Å². The van der Waals surface area contributed by atoms with Crippen molar-refractivity contribution in [1.29, 1.82) is 0 Å². The molecule has 0 amide bonds. The van der Waals surface area contributed by atoms with Crippen molar-refractivity contribution >= 4 is 78.2 Å². The van der Waals surface area contributed by atoms with Gasteiger partial charge in [-0.3, -0.25) is 0 Å². The van der Waals surface area contributed by atoms with E-state index in [-0.39, 0.29) is 0 Å². The van der Waals surface area contributed by atoms with E-state index >= 15 is 0 Å². The first kappa shape index (κ1) is 31.0. The van der Waals surface area contributed by atoms with Crippen molar-refractivity contribution in [3.8, 4) is 34.2 Å². The minimum absolute atomic E-state index is 0.623. The molecule has 2 aromatic heterocycles. The van der Waals surface area contributed by atoms with Gasteiger partial charge in [0.1, 0.15) is 34.7 Å². The molecule has 0 aliphatic carbocycles. The molecule has 0 fully saturated rings. The molecule has 2 heterocycles. The molecule has 0 unspecified atom stereocenters. The number of aromatic nitrogens is 3. The summed E-state index contributed by atoms with van der Waals surface area (Å²) in [5.74, 6) is 1.88. The van der Waals surface area contributed by atoms with E-state index in [1.165, 1.54) is 10.8 Å². The predicted molar refractivity (Wildman–Crippen MR) is 212 cm³/mol. The van der Waals surface area contributed by atoms with Crippen molar-refractivity contribution in [3.05, 3.63) is 139 Å². The molecule has 0 spiro atoms. The second-order valence-electron chi connectivity index (χ2n) is 12.2. The third-order valence-corrected chi connectivity index (χ3v) is 8.73. The zero-order valence-corrected chi connectivity index (χ0v) is 28.0. The summed E-state index contributed by atoms with van der Waals surface area (Å²) >= 11 is 0. The van der Waals surface area contributed by atoms with Crippen LogP contribution in [0.25, 0.3) is 72.4 Å². The minimum atomic E-state index is 0.623. The highest BCUT2D eigenvalue weighted by molar-refractivity contribution is 6.45. The first-order valence-electron chi connectivity index (χ1n) is 16.4. The van der Waals surface area contributed by atoms with E-state index in [2.05, 4.69) is 140 Å². The summed E-state index contributed by atoms with van der Waals surface area (Å²) in [6, 6.07) is 31.7. The minimum Gasteiger partial charge on any atom is -0.457 e. The Balaban J connectivity index is 1.41. The Bertz CT molecular complexity index is 2450. The average Bonchev–Trinajstić information content (AvgIpc) is 3.48. The standard InChI is InChI=1S/C41H34B3N3O/c1-3-5-6-7-8-11-25(4-2)27-14-17-28(18-15-27)39-45-40(30-19-16-26-12-9-10-13-29(26)22-30)47-41(46-39)37-33(43)20-21-35-36(37)32-23-31(42)24-34(44)38(32)48-35/h3-24H,42-44H2,1-2H3/b5-3-,7-6-,11-8-,25-4+. The molecule has 228 valence electrons. The molecule has 0 bridgehead atoms. The Morgan fingerprint density at radius 1 is 0.646 bits per heavy atom. The van der Waals surface area contributed by atoms with E-state index in [0.717, 1.165) is 66.1 Å². The summed E-state index contributed by atoms with van der Waals surface area (Å²) in [7, 11) is 6.34. The monoisotopic (exact) mass is 617 g/mol. The van der Waals surface area contributed by atoms with Crippen LogP contribution in [0.2, 0.25) is 0 Å². The molecule has 0 saturated heterocycles. The van der Waals surface area contributed by atoms with E-state index in [1.807, 2.05) is 31.2 Å². The van der Waals surface area contributed by atoms with E-state index in [9.17, 15) is 0 Å². The Kier molecular flexibility index (Phi) is 8.52. The molecular formula is C41H34B3N3O. The molecule has 0 radical (unpaired) electrons. The smallest absolute Gasteiger partial charge is 0.164 e. The molecule has 0 saturated carbocycles. The Morgan fingerprint density at radius 3 is 2.12 bits per heavy atom. The van der Waals surface area contributed by atoms with Crippen LogP contribution in [0.5, 0.6) is 0 Å². The second kappa shape index (κ2) is 13.2. The fourth-order valence-electron chi connectivity index (χ4n) is 6.36. The summed E-state index contributed by atoms with van der Waals surface area (Å²) in [6.07, 6.45) is 14.4. The summed E-state index contributed by atoms with van der Waals surface area (Å²) in [5, 5.41) is 4.42. The number of furan rings is 1. The number of benzene rings is 5. The van der Waals surface area contributed by atoms with Crippen LogP contribution in [0.3, 0.4) is 0 Å². The highest BCUT2D eigenvalue weighted by atomic mass is 16.3. The van der Waals surface area contributed by atoms with Crippen LogP contribution in [-0.2, 0) is 0 Å². The third-order valence-electron chi connectivity index (χ3n) is 8.73. The zero-order valence-electron chi connectivity index (χ0n) is 28.0. The summed E-state index contributed by atoms with van der Waals surface area (Å²) < 4.78 is 6.44. The lowest BCUT2D eigenvalue weighted by atomic mass is 9.83. The average molecular weight is 617 g/mol. The lowest BCUT2D eigenvalue weighted by Crippen LogP contribution is -2.13. The Morgan fingerprint density at radius 2 is 1.35 bits per heavy atom. The van der Waals surface area contributed by atoms with Crippen molar-refractivity contribution in [2.75, 3.05) is 0 Å². The van der Waals surface area contributed by atoms with Gasteiger partial charge in [0.2, 0.25) is 0 Å². The predicted octanol–water partition coefficient (Wildman–Crippen LogP) is 5.79. The van der Waals surface area contributed by atoms with Crippen LogP contribution in [0, 0.1) is 0 Å². The van der Waals surface area contributed by atoms with E-state index in [0.29, 0.717) is 17.5 Å². The van der Waals surface area contributed by atoms with Gasteiger partial charge in [-0.15, -0.1) is 0 Å². The normalized spacial score (nSPS) is 12.5. The number of rotatable bonds is 7. The maximum atomic E-state index is 6.44. The van der Waals surface area contributed by atoms with Gasteiger partial charge in [-0.05, 0) is 53.4 Å². The highest BCUT2D eigenvalue weighted by Crippen LogP contribution is 2.35. The lowest BCUT2D eigenvalue weighted by Gasteiger charge is -2.12. The molecule has 0 aliphatic rings. The molecule has 0 aliphatic heterocycles. The van der Waals surface area contributed by atoms with Gasteiger partial charge in [0.25, 0.3) is 0 Å². The molecule has 5 aromatic carbocycles. The molecule has 7 rings (SSSR count). The first-order chi connectivity index (χ1) is 23.4. The quantitative estimate of drug-likeness (QED) is 0.168. The molecule has 0 N–H and O–H groups in total. The van der Waals surface area contributed by atoms with Crippen LogP contribution >= 0.6 is 0 Å². The number of fused-ring (bicyclic) bond motifs is 4. The largest absolute Gasteiger partial charge is 0.457 e. The third kappa shape index (κ3) is 5.96. The number of hydrogen-bond donors (Lipinski definition) is 0. The van der Waals surface area contributed by atoms with Crippen molar-refractivity contribution in [2.45, 2.75) is 13.8 Å². The molecule has 7 aromatic rings. The topological polar surface area (TPSA) is 51.8 Å². The van der Waals surface area contributed by atoms with Gasteiger partial charge < -0.3 is 4.42 Å². The van der Waals surface area contributed by atoms with Gasteiger partial charge >= 0.3 is 0 Å². The van der Waals surface area contributed by atoms with Gasteiger partial charge in [0.05, 0.1) is 0 Å². The van der Waals surface area contributed by atoms with Crippen LogP contribution in [0.1, 0.15) is 19.4 Å². The summed E-state index contributed by atoms with van der Waals surface area (Å²) in [6.45, 7) is 4.07.